The smallest absolute Gasteiger partial charge is 0.165 e. The largest absolute Gasteiger partial charge is 0.396 e. The maximum atomic E-state index is 8.83. The van der Waals surface area contributed by atoms with E-state index in [-0.39, 0.29) is 0 Å². The van der Waals surface area contributed by atoms with Crippen LogP contribution in [0.15, 0.2) is 12.1 Å². The number of pyridine rings is 1. The van der Waals surface area contributed by atoms with E-state index in [2.05, 4.69) is 16.8 Å². The summed E-state index contributed by atoms with van der Waals surface area (Å²) in [6.45, 7) is 3.13. The third-order valence-electron chi connectivity index (χ3n) is 2.51. The first-order valence-electron chi connectivity index (χ1n) is 5.56. The van der Waals surface area contributed by atoms with Crippen molar-refractivity contribution >= 4 is 11.5 Å². The number of anilines is 2. The lowest BCUT2D eigenvalue weighted by Gasteiger charge is -2.18. The molecule has 0 atom stereocenters. The fourth-order valence-electron chi connectivity index (χ4n) is 1.48. The number of nitrogen functional groups attached to an aromatic ring is 1. The van der Waals surface area contributed by atoms with Crippen molar-refractivity contribution in [3.8, 4) is 6.07 Å². The lowest BCUT2D eigenvalue weighted by Crippen LogP contribution is -2.20. The maximum absolute atomic E-state index is 8.83. The second-order valence-corrected chi connectivity index (χ2v) is 3.85. The van der Waals surface area contributed by atoms with Crippen LogP contribution in [0, 0.1) is 11.3 Å². The highest BCUT2D eigenvalue weighted by Gasteiger charge is 2.05. The quantitative estimate of drug-likeness (QED) is 0.769. The third-order valence-corrected chi connectivity index (χ3v) is 2.51. The number of unbranched alkanes of at least 4 members (excludes halogenated alkanes) is 2. The Hall–Kier alpha value is -1.76. The molecule has 4 heteroatoms. The molecule has 1 rings (SSSR count). The second kappa shape index (κ2) is 5.96. The minimum atomic E-state index is 0.305. The third kappa shape index (κ3) is 3.13. The average Bonchev–Trinajstić information content (AvgIpc) is 2.30. The molecule has 0 saturated carbocycles. The van der Waals surface area contributed by atoms with E-state index >= 15 is 0 Å². The Morgan fingerprint density at radius 2 is 2.19 bits per heavy atom. The number of rotatable bonds is 5. The van der Waals surface area contributed by atoms with Gasteiger partial charge in [0, 0.05) is 13.6 Å². The molecule has 0 aliphatic rings. The Balaban J connectivity index is 2.69. The Bertz CT molecular complexity index is 381. The molecule has 2 N–H and O–H groups in total. The van der Waals surface area contributed by atoms with Gasteiger partial charge in [-0.2, -0.15) is 5.26 Å². The molecule has 0 bridgehead atoms. The van der Waals surface area contributed by atoms with Crippen LogP contribution >= 0.6 is 0 Å². The SMILES string of the molecule is CCCCCN(C)c1ccc(N)c(C#N)n1. The van der Waals surface area contributed by atoms with Gasteiger partial charge in [-0.15, -0.1) is 0 Å². The van der Waals surface area contributed by atoms with Gasteiger partial charge in [-0.25, -0.2) is 4.98 Å². The highest BCUT2D eigenvalue weighted by Crippen LogP contribution is 2.15. The summed E-state index contributed by atoms with van der Waals surface area (Å²) in [7, 11) is 1.98. The number of hydrogen-bond donors (Lipinski definition) is 1. The molecule has 0 radical (unpaired) electrons. The summed E-state index contributed by atoms with van der Waals surface area (Å²) in [5.41, 5.74) is 6.36. The van der Waals surface area contributed by atoms with Crippen LogP contribution < -0.4 is 10.6 Å². The van der Waals surface area contributed by atoms with Gasteiger partial charge >= 0.3 is 0 Å². The predicted molar refractivity (Wildman–Crippen MR) is 66.2 cm³/mol. The lowest BCUT2D eigenvalue weighted by molar-refractivity contribution is 0.701. The van der Waals surface area contributed by atoms with Crippen LogP contribution in [0.4, 0.5) is 11.5 Å². The van der Waals surface area contributed by atoms with Crippen LogP contribution in [0.1, 0.15) is 31.9 Å². The Morgan fingerprint density at radius 1 is 1.44 bits per heavy atom. The highest BCUT2D eigenvalue weighted by atomic mass is 15.2. The summed E-state index contributed by atoms with van der Waals surface area (Å²) in [5.74, 6) is 0.807. The molecule has 1 heterocycles. The zero-order valence-corrected chi connectivity index (χ0v) is 9.90. The topological polar surface area (TPSA) is 65.9 Å². The number of nitriles is 1. The van der Waals surface area contributed by atoms with E-state index in [1.165, 1.54) is 12.8 Å². The van der Waals surface area contributed by atoms with E-state index in [0.717, 1.165) is 18.8 Å². The van der Waals surface area contributed by atoms with Crippen LogP contribution in [-0.4, -0.2) is 18.6 Å². The Morgan fingerprint density at radius 3 is 2.81 bits per heavy atom. The van der Waals surface area contributed by atoms with Gasteiger partial charge in [0.15, 0.2) is 5.69 Å². The molecular formula is C12H18N4. The Kier molecular flexibility index (Phi) is 4.59. The monoisotopic (exact) mass is 218 g/mol. The fourth-order valence-corrected chi connectivity index (χ4v) is 1.48. The molecule has 4 nitrogen and oxygen atoms in total. The molecule has 16 heavy (non-hydrogen) atoms. The summed E-state index contributed by atoms with van der Waals surface area (Å²) in [4.78, 5) is 6.26. The van der Waals surface area contributed by atoms with Gasteiger partial charge in [-0.3, -0.25) is 0 Å². The van der Waals surface area contributed by atoms with E-state index in [9.17, 15) is 0 Å². The second-order valence-electron chi connectivity index (χ2n) is 3.85. The van der Waals surface area contributed by atoms with Crippen LogP contribution in [0.25, 0.3) is 0 Å². The number of hydrogen-bond acceptors (Lipinski definition) is 4. The molecule has 0 saturated heterocycles. The van der Waals surface area contributed by atoms with Gasteiger partial charge in [-0.05, 0) is 18.6 Å². The first kappa shape index (κ1) is 12.3. The molecule has 0 fully saturated rings. The summed E-state index contributed by atoms with van der Waals surface area (Å²) < 4.78 is 0. The van der Waals surface area contributed by atoms with E-state index in [1.54, 1.807) is 6.07 Å². The summed E-state index contributed by atoms with van der Waals surface area (Å²) in [6, 6.07) is 5.58. The van der Waals surface area contributed by atoms with E-state index < -0.39 is 0 Å². The minimum Gasteiger partial charge on any atom is -0.396 e. The molecule has 0 aliphatic carbocycles. The molecule has 0 aromatic carbocycles. The van der Waals surface area contributed by atoms with Crippen LogP contribution in [0.3, 0.4) is 0 Å². The van der Waals surface area contributed by atoms with Gasteiger partial charge in [0.05, 0.1) is 5.69 Å². The highest BCUT2D eigenvalue weighted by molar-refractivity contribution is 5.55. The van der Waals surface area contributed by atoms with Crippen LogP contribution in [0.5, 0.6) is 0 Å². The van der Waals surface area contributed by atoms with Crippen LogP contribution in [0.2, 0.25) is 0 Å². The zero-order chi connectivity index (χ0) is 12.0. The van der Waals surface area contributed by atoms with Crippen molar-refractivity contribution in [3.05, 3.63) is 17.8 Å². The van der Waals surface area contributed by atoms with Crippen molar-refractivity contribution in [2.24, 2.45) is 0 Å². The lowest BCUT2D eigenvalue weighted by atomic mass is 10.2. The molecule has 1 aromatic rings. The first-order chi connectivity index (χ1) is 7.69. The number of nitrogens with zero attached hydrogens (tertiary/aromatic N) is 3. The predicted octanol–water partition coefficient (Wildman–Crippen LogP) is 2.16. The molecule has 1 aromatic heterocycles. The zero-order valence-electron chi connectivity index (χ0n) is 9.90. The number of nitrogens with two attached hydrogens (primary N) is 1. The molecule has 0 amide bonds. The molecule has 0 unspecified atom stereocenters. The minimum absolute atomic E-state index is 0.305. The van der Waals surface area contributed by atoms with Crippen molar-refractivity contribution in [2.45, 2.75) is 26.2 Å². The van der Waals surface area contributed by atoms with E-state index in [0.29, 0.717) is 11.4 Å². The first-order valence-corrected chi connectivity index (χ1v) is 5.56. The Labute approximate surface area is 96.7 Å². The summed E-state index contributed by atoms with van der Waals surface area (Å²) in [6.07, 6.45) is 3.55. The van der Waals surface area contributed by atoms with Gasteiger partial charge in [-0.1, -0.05) is 19.8 Å². The van der Waals surface area contributed by atoms with Crippen LogP contribution in [-0.2, 0) is 0 Å². The van der Waals surface area contributed by atoms with Gasteiger partial charge < -0.3 is 10.6 Å². The van der Waals surface area contributed by atoms with Crippen molar-refractivity contribution in [1.29, 1.82) is 5.26 Å². The molecule has 0 spiro atoms. The van der Waals surface area contributed by atoms with Gasteiger partial charge in [0.2, 0.25) is 0 Å². The van der Waals surface area contributed by atoms with Crippen molar-refractivity contribution in [1.82, 2.24) is 4.98 Å². The normalized spacial score (nSPS) is 9.81. The summed E-state index contributed by atoms with van der Waals surface area (Å²) in [5, 5.41) is 8.83. The fraction of sp³-hybridized carbons (Fsp3) is 0.500. The standard InChI is InChI=1S/C12H18N4/c1-3-4-5-8-16(2)12-7-6-10(14)11(9-13)15-12/h6-7H,3-5,8,14H2,1-2H3. The van der Waals surface area contributed by atoms with Gasteiger partial charge in [0.25, 0.3) is 0 Å². The number of aromatic nitrogens is 1. The molecule has 0 aliphatic heterocycles. The van der Waals surface area contributed by atoms with Crippen molar-refractivity contribution in [3.63, 3.8) is 0 Å². The average molecular weight is 218 g/mol. The maximum Gasteiger partial charge on any atom is 0.165 e. The van der Waals surface area contributed by atoms with Gasteiger partial charge in [0.1, 0.15) is 11.9 Å². The van der Waals surface area contributed by atoms with E-state index in [4.69, 9.17) is 11.0 Å². The molecular weight excluding hydrogens is 200 g/mol. The molecule has 86 valence electrons. The van der Waals surface area contributed by atoms with E-state index in [1.807, 2.05) is 19.2 Å². The van der Waals surface area contributed by atoms with Crippen molar-refractivity contribution < 1.29 is 0 Å². The van der Waals surface area contributed by atoms with Crippen molar-refractivity contribution in [2.75, 3.05) is 24.2 Å². The summed E-state index contributed by atoms with van der Waals surface area (Å²) >= 11 is 0.